The number of benzene rings is 2. The summed E-state index contributed by atoms with van der Waals surface area (Å²) in [6, 6.07) is 16.1. The minimum Gasteiger partial charge on any atom is -0.367 e. The Morgan fingerprint density at radius 3 is 2.56 bits per heavy atom. The molecule has 0 saturated carbocycles. The van der Waals surface area contributed by atoms with Crippen molar-refractivity contribution in [1.82, 2.24) is 20.1 Å². The molecule has 0 radical (unpaired) electrons. The summed E-state index contributed by atoms with van der Waals surface area (Å²) in [6.45, 7) is 6.65. The van der Waals surface area contributed by atoms with Gasteiger partial charge in [-0.05, 0) is 37.6 Å². The van der Waals surface area contributed by atoms with Gasteiger partial charge in [0.15, 0.2) is 5.82 Å². The summed E-state index contributed by atoms with van der Waals surface area (Å²) in [7, 11) is 0. The SMILES string of the molecule is Cc1ccccc1N1CCN(C(=O)c2ccc(-c3ncn[nH]3)cc2)[C@H](C)C1. The number of hydrogen-bond donors (Lipinski definition) is 1. The number of rotatable bonds is 3. The largest absolute Gasteiger partial charge is 0.367 e. The van der Waals surface area contributed by atoms with Gasteiger partial charge in [-0.1, -0.05) is 30.3 Å². The maximum absolute atomic E-state index is 13.0. The van der Waals surface area contributed by atoms with Gasteiger partial charge in [0.1, 0.15) is 6.33 Å². The quantitative estimate of drug-likeness (QED) is 0.778. The predicted molar refractivity (Wildman–Crippen MR) is 106 cm³/mol. The van der Waals surface area contributed by atoms with Gasteiger partial charge >= 0.3 is 0 Å². The number of nitrogens with one attached hydrogen (secondary N) is 1. The van der Waals surface area contributed by atoms with E-state index in [1.807, 2.05) is 29.2 Å². The van der Waals surface area contributed by atoms with E-state index in [1.165, 1.54) is 17.6 Å². The number of carbonyl (C=O) groups is 1. The average molecular weight is 361 g/mol. The van der Waals surface area contributed by atoms with Crippen LogP contribution in [0.25, 0.3) is 11.4 Å². The highest BCUT2D eigenvalue weighted by Crippen LogP contribution is 2.24. The number of hydrogen-bond acceptors (Lipinski definition) is 4. The summed E-state index contributed by atoms with van der Waals surface area (Å²) in [6.07, 6.45) is 1.48. The molecule has 1 saturated heterocycles. The van der Waals surface area contributed by atoms with E-state index in [0.29, 0.717) is 11.4 Å². The van der Waals surface area contributed by atoms with Crippen LogP contribution < -0.4 is 4.90 Å². The second-order valence-corrected chi connectivity index (χ2v) is 6.99. The molecule has 1 amide bonds. The van der Waals surface area contributed by atoms with E-state index in [-0.39, 0.29) is 11.9 Å². The molecule has 1 aromatic heterocycles. The van der Waals surface area contributed by atoms with Crippen LogP contribution >= 0.6 is 0 Å². The van der Waals surface area contributed by atoms with Gasteiger partial charge in [-0.3, -0.25) is 9.89 Å². The van der Waals surface area contributed by atoms with E-state index in [4.69, 9.17) is 0 Å². The first-order chi connectivity index (χ1) is 13.1. The van der Waals surface area contributed by atoms with Crippen molar-refractivity contribution >= 4 is 11.6 Å². The van der Waals surface area contributed by atoms with Gasteiger partial charge in [-0.25, -0.2) is 4.98 Å². The molecule has 0 aliphatic carbocycles. The minimum atomic E-state index is 0.0797. The molecule has 1 fully saturated rings. The predicted octanol–water partition coefficient (Wildman–Crippen LogP) is 3.13. The summed E-state index contributed by atoms with van der Waals surface area (Å²) >= 11 is 0. The molecule has 6 nitrogen and oxygen atoms in total. The van der Waals surface area contributed by atoms with Crippen LogP contribution in [0.4, 0.5) is 5.69 Å². The summed E-state index contributed by atoms with van der Waals surface area (Å²) in [4.78, 5) is 21.5. The molecule has 6 heteroatoms. The Kier molecular flexibility index (Phi) is 4.62. The Hall–Kier alpha value is -3.15. The summed E-state index contributed by atoms with van der Waals surface area (Å²) in [5.41, 5.74) is 4.15. The van der Waals surface area contributed by atoms with E-state index >= 15 is 0 Å². The lowest BCUT2D eigenvalue weighted by Crippen LogP contribution is -2.54. The molecular formula is C21H23N5O. The van der Waals surface area contributed by atoms with E-state index in [2.05, 4.69) is 58.2 Å². The molecule has 1 N–H and O–H groups in total. The molecule has 4 rings (SSSR count). The highest BCUT2D eigenvalue weighted by molar-refractivity contribution is 5.95. The minimum absolute atomic E-state index is 0.0797. The summed E-state index contributed by atoms with van der Waals surface area (Å²) in [5, 5.41) is 6.70. The van der Waals surface area contributed by atoms with Crippen LogP contribution in [0.5, 0.6) is 0 Å². The van der Waals surface area contributed by atoms with Crippen LogP contribution in [-0.4, -0.2) is 51.7 Å². The summed E-state index contributed by atoms with van der Waals surface area (Å²) in [5.74, 6) is 0.783. The Labute approximate surface area is 158 Å². The van der Waals surface area contributed by atoms with E-state index in [0.717, 1.165) is 25.2 Å². The maximum Gasteiger partial charge on any atom is 0.254 e. The smallest absolute Gasteiger partial charge is 0.254 e. The summed E-state index contributed by atoms with van der Waals surface area (Å²) < 4.78 is 0. The van der Waals surface area contributed by atoms with Crippen LogP contribution in [0.2, 0.25) is 0 Å². The maximum atomic E-state index is 13.0. The first kappa shape index (κ1) is 17.3. The van der Waals surface area contributed by atoms with Crippen LogP contribution in [0.1, 0.15) is 22.8 Å². The second-order valence-electron chi connectivity index (χ2n) is 6.99. The van der Waals surface area contributed by atoms with Crippen LogP contribution in [0.3, 0.4) is 0 Å². The van der Waals surface area contributed by atoms with Crippen LogP contribution in [-0.2, 0) is 0 Å². The second kappa shape index (κ2) is 7.23. The lowest BCUT2D eigenvalue weighted by atomic mass is 10.1. The number of anilines is 1. The highest BCUT2D eigenvalue weighted by atomic mass is 16.2. The van der Waals surface area contributed by atoms with Crippen LogP contribution in [0, 0.1) is 6.92 Å². The number of aryl methyl sites for hydroxylation is 1. The number of nitrogens with zero attached hydrogens (tertiary/aromatic N) is 4. The van der Waals surface area contributed by atoms with Crippen LogP contribution in [0.15, 0.2) is 54.9 Å². The Bertz CT molecular complexity index is 920. The molecule has 0 spiro atoms. The molecule has 2 aromatic carbocycles. The fraction of sp³-hybridized carbons (Fsp3) is 0.286. The van der Waals surface area contributed by atoms with Crippen molar-refractivity contribution in [1.29, 1.82) is 0 Å². The van der Waals surface area contributed by atoms with E-state index in [9.17, 15) is 4.79 Å². The number of amides is 1. The number of aromatic amines is 1. The number of carbonyl (C=O) groups excluding carboxylic acids is 1. The standard InChI is InChI=1S/C21H23N5O/c1-15-5-3-4-6-19(15)25-11-12-26(16(2)13-25)21(27)18-9-7-17(8-10-18)20-22-14-23-24-20/h3-10,14,16H,11-13H2,1-2H3,(H,22,23,24)/t16-/m1/s1. The van der Waals surface area contributed by atoms with Crippen molar-refractivity contribution in [2.24, 2.45) is 0 Å². The molecule has 1 aliphatic rings. The lowest BCUT2D eigenvalue weighted by molar-refractivity contribution is 0.0674. The fourth-order valence-electron chi connectivity index (χ4n) is 3.68. The number of piperazine rings is 1. The zero-order valence-corrected chi connectivity index (χ0v) is 15.6. The van der Waals surface area contributed by atoms with Gasteiger partial charge in [-0.2, -0.15) is 5.10 Å². The van der Waals surface area contributed by atoms with Crippen molar-refractivity contribution in [3.8, 4) is 11.4 Å². The van der Waals surface area contributed by atoms with E-state index < -0.39 is 0 Å². The van der Waals surface area contributed by atoms with Gasteiger partial charge in [0.25, 0.3) is 5.91 Å². The molecule has 0 unspecified atom stereocenters. The molecule has 2 heterocycles. The number of aromatic nitrogens is 3. The van der Waals surface area contributed by atoms with Crippen molar-refractivity contribution in [2.45, 2.75) is 19.9 Å². The van der Waals surface area contributed by atoms with Gasteiger partial charge in [0.05, 0.1) is 0 Å². The first-order valence-corrected chi connectivity index (χ1v) is 9.21. The topological polar surface area (TPSA) is 65.1 Å². The fourth-order valence-corrected chi connectivity index (χ4v) is 3.68. The zero-order chi connectivity index (χ0) is 18.8. The molecule has 138 valence electrons. The van der Waals surface area contributed by atoms with Gasteiger partial charge in [0, 0.05) is 42.5 Å². The number of para-hydroxylation sites is 1. The molecule has 27 heavy (non-hydrogen) atoms. The Balaban J connectivity index is 1.46. The monoisotopic (exact) mass is 361 g/mol. The third kappa shape index (κ3) is 3.43. The van der Waals surface area contributed by atoms with Crippen molar-refractivity contribution in [2.75, 3.05) is 24.5 Å². The Morgan fingerprint density at radius 2 is 1.89 bits per heavy atom. The van der Waals surface area contributed by atoms with Gasteiger partial charge in [0.2, 0.25) is 0 Å². The normalized spacial score (nSPS) is 17.2. The van der Waals surface area contributed by atoms with Gasteiger partial charge < -0.3 is 9.80 Å². The molecule has 1 atom stereocenters. The molecular weight excluding hydrogens is 338 g/mol. The molecule has 0 bridgehead atoms. The van der Waals surface area contributed by atoms with Crippen molar-refractivity contribution < 1.29 is 4.79 Å². The van der Waals surface area contributed by atoms with E-state index in [1.54, 1.807) is 0 Å². The first-order valence-electron chi connectivity index (χ1n) is 9.21. The average Bonchev–Trinajstić information content (AvgIpc) is 3.23. The highest BCUT2D eigenvalue weighted by Gasteiger charge is 2.28. The third-order valence-electron chi connectivity index (χ3n) is 5.16. The number of H-pyrrole nitrogens is 1. The zero-order valence-electron chi connectivity index (χ0n) is 15.6. The van der Waals surface area contributed by atoms with Gasteiger partial charge in [-0.15, -0.1) is 0 Å². The van der Waals surface area contributed by atoms with Crippen molar-refractivity contribution in [3.05, 3.63) is 66.0 Å². The Morgan fingerprint density at radius 1 is 1.11 bits per heavy atom. The van der Waals surface area contributed by atoms with Crippen molar-refractivity contribution in [3.63, 3.8) is 0 Å². The molecule has 3 aromatic rings. The lowest BCUT2D eigenvalue weighted by Gasteiger charge is -2.41. The molecule has 1 aliphatic heterocycles. The third-order valence-corrected chi connectivity index (χ3v) is 5.16.